The van der Waals surface area contributed by atoms with Crippen LogP contribution < -0.4 is 10.6 Å². The molecule has 2 N–H and O–H groups in total. The van der Waals surface area contributed by atoms with E-state index in [0.29, 0.717) is 6.04 Å². The Morgan fingerprint density at radius 2 is 2.00 bits per heavy atom. The van der Waals surface area contributed by atoms with Crippen molar-refractivity contribution in [1.82, 2.24) is 15.5 Å². The first-order valence-electron chi connectivity index (χ1n) is 9.08. The summed E-state index contributed by atoms with van der Waals surface area (Å²) in [5.74, 6) is 0.922. The molecule has 136 valence electrons. The van der Waals surface area contributed by atoms with E-state index in [1.165, 1.54) is 31.4 Å². The van der Waals surface area contributed by atoms with Crippen LogP contribution in [0.4, 0.5) is 0 Å². The van der Waals surface area contributed by atoms with Crippen LogP contribution in [0.3, 0.4) is 0 Å². The third-order valence-electron chi connectivity index (χ3n) is 4.61. The van der Waals surface area contributed by atoms with E-state index >= 15 is 0 Å². The van der Waals surface area contributed by atoms with Gasteiger partial charge in [0.15, 0.2) is 5.96 Å². The van der Waals surface area contributed by atoms with Crippen LogP contribution in [0.15, 0.2) is 35.3 Å². The molecule has 2 atom stereocenters. The minimum atomic E-state index is 0. The van der Waals surface area contributed by atoms with Crippen LogP contribution in [-0.4, -0.2) is 43.1 Å². The van der Waals surface area contributed by atoms with Crippen molar-refractivity contribution >= 4 is 29.9 Å². The average molecular weight is 444 g/mol. The molecule has 0 bridgehead atoms. The standard InChI is InChI=1S/C19H32N4.HI/c1-4-20-19(22-16(3)17-11-7-6-8-12-17)21-15-18-13-9-10-14-23(18)5-2;/h6-8,11-12,16,18H,4-5,9-10,13-15H2,1-3H3,(H2,20,21,22);1H. The number of nitrogens with one attached hydrogen (secondary N) is 2. The van der Waals surface area contributed by atoms with Crippen molar-refractivity contribution in [3.8, 4) is 0 Å². The zero-order valence-corrected chi connectivity index (χ0v) is 17.6. The van der Waals surface area contributed by atoms with Crippen molar-refractivity contribution < 1.29 is 0 Å². The van der Waals surface area contributed by atoms with Gasteiger partial charge in [-0.05, 0) is 45.3 Å². The van der Waals surface area contributed by atoms with Gasteiger partial charge in [-0.25, -0.2) is 0 Å². The molecule has 1 aliphatic rings. The normalized spacial score (nSPS) is 20.1. The molecule has 1 aromatic rings. The van der Waals surface area contributed by atoms with Crippen LogP contribution in [0.1, 0.15) is 51.6 Å². The van der Waals surface area contributed by atoms with Crippen molar-refractivity contribution in [2.45, 2.75) is 52.1 Å². The van der Waals surface area contributed by atoms with Crippen LogP contribution in [0.2, 0.25) is 0 Å². The number of halogens is 1. The first kappa shape index (κ1) is 21.2. The van der Waals surface area contributed by atoms with Gasteiger partial charge in [-0.1, -0.05) is 43.7 Å². The largest absolute Gasteiger partial charge is 0.357 e. The van der Waals surface area contributed by atoms with Crippen LogP contribution in [0, 0.1) is 0 Å². The van der Waals surface area contributed by atoms with E-state index in [1.807, 2.05) is 0 Å². The highest BCUT2D eigenvalue weighted by Crippen LogP contribution is 2.17. The van der Waals surface area contributed by atoms with E-state index in [2.05, 4.69) is 66.6 Å². The fraction of sp³-hybridized carbons (Fsp3) is 0.632. The molecule has 4 nitrogen and oxygen atoms in total. The third-order valence-corrected chi connectivity index (χ3v) is 4.61. The fourth-order valence-corrected chi connectivity index (χ4v) is 3.23. The second kappa shape index (κ2) is 11.7. The molecular weight excluding hydrogens is 411 g/mol. The third kappa shape index (κ3) is 6.59. The first-order valence-corrected chi connectivity index (χ1v) is 9.08. The molecule has 1 aliphatic heterocycles. The van der Waals surface area contributed by atoms with Gasteiger partial charge >= 0.3 is 0 Å². The van der Waals surface area contributed by atoms with Gasteiger partial charge < -0.3 is 10.6 Å². The number of likely N-dealkylation sites (N-methyl/N-ethyl adjacent to an activating group) is 1. The van der Waals surface area contributed by atoms with Crippen molar-refractivity contribution in [1.29, 1.82) is 0 Å². The number of nitrogens with zero attached hydrogens (tertiary/aromatic N) is 2. The minimum Gasteiger partial charge on any atom is -0.357 e. The predicted octanol–water partition coefficient (Wildman–Crippen LogP) is 3.80. The van der Waals surface area contributed by atoms with Crippen molar-refractivity contribution in [3.63, 3.8) is 0 Å². The Morgan fingerprint density at radius 3 is 2.67 bits per heavy atom. The van der Waals surface area contributed by atoms with Crippen LogP contribution in [0.25, 0.3) is 0 Å². The lowest BCUT2D eigenvalue weighted by atomic mass is 10.0. The molecule has 0 amide bonds. The molecular formula is C19H33IN4. The lowest BCUT2D eigenvalue weighted by Gasteiger charge is -2.34. The summed E-state index contributed by atoms with van der Waals surface area (Å²) in [5, 5.41) is 6.90. The maximum absolute atomic E-state index is 4.85. The van der Waals surface area contributed by atoms with Crippen LogP contribution >= 0.6 is 24.0 Å². The Labute approximate surface area is 164 Å². The van der Waals surface area contributed by atoms with E-state index in [4.69, 9.17) is 4.99 Å². The average Bonchev–Trinajstić information content (AvgIpc) is 2.60. The van der Waals surface area contributed by atoms with E-state index in [-0.39, 0.29) is 30.0 Å². The highest BCUT2D eigenvalue weighted by molar-refractivity contribution is 14.0. The molecule has 2 rings (SSSR count). The van der Waals surface area contributed by atoms with Gasteiger partial charge in [0.05, 0.1) is 12.6 Å². The Kier molecular flexibility index (Phi) is 10.3. The molecule has 1 aromatic carbocycles. The highest BCUT2D eigenvalue weighted by atomic mass is 127. The topological polar surface area (TPSA) is 39.7 Å². The maximum atomic E-state index is 4.85. The van der Waals surface area contributed by atoms with E-state index in [9.17, 15) is 0 Å². The molecule has 0 spiro atoms. The number of benzene rings is 1. The number of hydrogen-bond donors (Lipinski definition) is 2. The molecule has 1 fully saturated rings. The number of likely N-dealkylation sites (tertiary alicyclic amines) is 1. The van der Waals surface area contributed by atoms with Crippen LogP contribution in [0.5, 0.6) is 0 Å². The second-order valence-electron chi connectivity index (χ2n) is 6.27. The Hall–Kier alpha value is -0.820. The smallest absolute Gasteiger partial charge is 0.191 e. The molecule has 2 unspecified atom stereocenters. The Morgan fingerprint density at radius 1 is 1.25 bits per heavy atom. The quantitative estimate of drug-likeness (QED) is 0.399. The summed E-state index contributed by atoms with van der Waals surface area (Å²) in [6.07, 6.45) is 3.93. The summed E-state index contributed by atoms with van der Waals surface area (Å²) in [7, 11) is 0. The first-order chi connectivity index (χ1) is 11.2. The van der Waals surface area contributed by atoms with Gasteiger partial charge in [0.1, 0.15) is 0 Å². The number of hydrogen-bond acceptors (Lipinski definition) is 2. The minimum absolute atomic E-state index is 0. The molecule has 0 aromatic heterocycles. The zero-order chi connectivity index (χ0) is 16.5. The Bertz CT molecular complexity index is 478. The number of piperidine rings is 1. The number of aliphatic imine (C=N–C) groups is 1. The summed E-state index contributed by atoms with van der Waals surface area (Å²) in [5.41, 5.74) is 1.28. The molecule has 0 saturated carbocycles. The van der Waals surface area contributed by atoms with Gasteiger partial charge in [-0.2, -0.15) is 0 Å². The molecule has 0 aliphatic carbocycles. The van der Waals surface area contributed by atoms with Gasteiger partial charge in [-0.3, -0.25) is 9.89 Å². The summed E-state index contributed by atoms with van der Waals surface area (Å²) in [4.78, 5) is 7.42. The summed E-state index contributed by atoms with van der Waals surface area (Å²) in [6, 6.07) is 11.4. The second-order valence-corrected chi connectivity index (χ2v) is 6.27. The number of rotatable bonds is 6. The summed E-state index contributed by atoms with van der Waals surface area (Å²) < 4.78 is 0. The monoisotopic (exact) mass is 444 g/mol. The van der Waals surface area contributed by atoms with Gasteiger partial charge in [-0.15, -0.1) is 24.0 Å². The Balaban J connectivity index is 0.00000288. The lowest BCUT2D eigenvalue weighted by Crippen LogP contribution is -2.43. The molecule has 5 heteroatoms. The van der Waals surface area contributed by atoms with Gasteiger partial charge in [0.2, 0.25) is 0 Å². The van der Waals surface area contributed by atoms with Crippen molar-refractivity contribution in [2.75, 3.05) is 26.2 Å². The van der Waals surface area contributed by atoms with Gasteiger partial charge in [0.25, 0.3) is 0 Å². The van der Waals surface area contributed by atoms with Crippen molar-refractivity contribution in [2.24, 2.45) is 4.99 Å². The fourth-order valence-electron chi connectivity index (χ4n) is 3.23. The lowest BCUT2D eigenvalue weighted by molar-refractivity contribution is 0.161. The zero-order valence-electron chi connectivity index (χ0n) is 15.3. The van der Waals surface area contributed by atoms with E-state index in [1.54, 1.807) is 0 Å². The van der Waals surface area contributed by atoms with Gasteiger partial charge in [0, 0.05) is 12.6 Å². The van der Waals surface area contributed by atoms with E-state index < -0.39 is 0 Å². The number of guanidine groups is 1. The molecule has 0 radical (unpaired) electrons. The molecule has 1 heterocycles. The summed E-state index contributed by atoms with van der Waals surface area (Å²) >= 11 is 0. The predicted molar refractivity (Wildman–Crippen MR) is 114 cm³/mol. The highest BCUT2D eigenvalue weighted by Gasteiger charge is 2.20. The van der Waals surface area contributed by atoms with Crippen LogP contribution in [-0.2, 0) is 0 Å². The molecule has 24 heavy (non-hydrogen) atoms. The molecule has 1 saturated heterocycles. The van der Waals surface area contributed by atoms with Crippen molar-refractivity contribution in [3.05, 3.63) is 35.9 Å². The maximum Gasteiger partial charge on any atom is 0.191 e. The van der Waals surface area contributed by atoms with E-state index in [0.717, 1.165) is 25.6 Å². The summed E-state index contributed by atoms with van der Waals surface area (Å²) in [6.45, 7) is 10.7. The SMILES string of the molecule is CCNC(=NCC1CCCCN1CC)NC(C)c1ccccc1.I.